The minimum absolute atomic E-state index is 0.357. The SMILES string of the molecule is Cc1ccc(NC(=O)Nc2nnc(N3CCCCC3C)s2)cc1Cl. The average molecular weight is 366 g/mol. The van der Waals surface area contributed by atoms with Gasteiger partial charge in [0.15, 0.2) is 0 Å². The number of benzene rings is 1. The van der Waals surface area contributed by atoms with Crippen molar-refractivity contribution in [2.24, 2.45) is 0 Å². The van der Waals surface area contributed by atoms with E-state index in [9.17, 15) is 4.79 Å². The summed E-state index contributed by atoms with van der Waals surface area (Å²) in [6.45, 7) is 5.10. The smallest absolute Gasteiger partial charge is 0.325 e. The van der Waals surface area contributed by atoms with Crippen molar-refractivity contribution in [2.75, 3.05) is 22.1 Å². The molecule has 0 radical (unpaired) electrons. The highest BCUT2D eigenvalue weighted by molar-refractivity contribution is 7.19. The van der Waals surface area contributed by atoms with E-state index in [1.54, 1.807) is 6.07 Å². The van der Waals surface area contributed by atoms with Crippen molar-refractivity contribution in [2.45, 2.75) is 39.2 Å². The number of hydrogen-bond acceptors (Lipinski definition) is 5. The maximum Gasteiger partial charge on any atom is 0.325 e. The Labute approximate surface area is 150 Å². The third-order valence-corrected chi connectivity index (χ3v) is 5.40. The molecule has 128 valence electrons. The summed E-state index contributed by atoms with van der Waals surface area (Å²) in [5, 5.41) is 15.7. The Morgan fingerprint density at radius 2 is 2.17 bits per heavy atom. The molecule has 3 rings (SSSR count). The molecule has 1 aromatic heterocycles. The number of rotatable bonds is 3. The minimum atomic E-state index is -0.357. The van der Waals surface area contributed by atoms with Crippen LogP contribution in [0.1, 0.15) is 31.7 Å². The second kappa shape index (κ2) is 7.36. The number of nitrogens with one attached hydrogen (secondary N) is 2. The number of nitrogens with zero attached hydrogens (tertiary/aromatic N) is 3. The number of aromatic nitrogens is 2. The second-order valence-corrected chi connectivity index (χ2v) is 7.33. The van der Waals surface area contributed by atoms with Crippen molar-refractivity contribution in [3.63, 3.8) is 0 Å². The summed E-state index contributed by atoms with van der Waals surface area (Å²) in [4.78, 5) is 14.3. The van der Waals surface area contributed by atoms with Crippen molar-refractivity contribution in [1.29, 1.82) is 0 Å². The van der Waals surface area contributed by atoms with E-state index >= 15 is 0 Å². The highest BCUT2D eigenvalue weighted by atomic mass is 35.5. The molecule has 2 aromatic rings. The first-order valence-electron chi connectivity index (χ1n) is 7.97. The molecule has 0 aliphatic carbocycles. The molecule has 6 nitrogen and oxygen atoms in total. The van der Waals surface area contributed by atoms with E-state index in [-0.39, 0.29) is 6.03 Å². The van der Waals surface area contributed by atoms with E-state index in [0.29, 0.717) is 21.9 Å². The number of aryl methyl sites for hydroxylation is 1. The van der Waals surface area contributed by atoms with Crippen LogP contribution in [0, 0.1) is 6.92 Å². The van der Waals surface area contributed by atoms with Gasteiger partial charge in [-0.2, -0.15) is 0 Å². The summed E-state index contributed by atoms with van der Waals surface area (Å²) < 4.78 is 0. The fourth-order valence-electron chi connectivity index (χ4n) is 2.69. The molecule has 0 saturated carbocycles. The van der Waals surface area contributed by atoms with E-state index < -0.39 is 0 Å². The highest BCUT2D eigenvalue weighted by Gasteiger charge is 2.22. The predicted octanol–water partition coefficient (Wildman–Crippen LogP) is 4.52. The van der Waals surface area contributed by atoms with Gasteiger partial charge in [0.25, 0.3) is 0 Å². The predicted molar refractivity (Wildman–Crippen MR) is 99.4 cm³/mol. The summed E-state index contributed by atoms with van der Waals surface area (Å²) in [5.41, 5.74) is 1.60. The van der Waals surface area contributed by atoms with Gasteiger partial charge in [-0.25, -0.2) is 4.79 Å². The van der Waals surface area contributed by atoms with E-state index in [1.807, 2.05) is 19.1 Å². The Morgan fingerprint density at radius 3 is 2.92 bits per heavy atom. The number of anilines is 3. The van der Waals surface area contributed by atoms with Crippen LogP contribution in [0.3, 0.4) is 0 Å². The van der Waals surface area contributed by atoms with E-state index in [0.717, 1.165) is 23.7 Å². The first-order valence-corrected chi connectivity index (χ1v) is 9.16. The Balaban J connectivity index is 1.61. The summed E-state index contributed by atoms with van der Waals surface area (Å²) in [7, 11) is 0. The van der Waals surface area contributed by atoms with Crippen molar-refractivity contribution < 1.29 is 4.79 Å². The zero-order valence-corrected chi connectivity index (χ0v) is 15.2. The summed E-state index contributed by atoms with van der Waals surface area (Å²) >= 11 is 7.46. The Hall–Kier alpha value is -1.86. The van der Waals surface area contributed by atoms with Crippen molar-refractivity contribution in [3.8, 4) is 0 Å². The van der Waals surface area contributed by atoms with Gasteiger partial charge in [0, 0.05) is 23.3 Å². The minimum Gasteiger partial charge on any atom is -0.344 e. The molecule has 0 spiro atoms. The normalized spacial score (nSPS) is 17.6. The van der Waals surface area contributed by atoms with Gasteiger partial charge in [-0.15, -0.1) is 10.2 Å². The molecule has 1 fully saturated rings. The molecular formula is C16H20ClN5OS. The van der Waals surface area contributed by atoms with Crippen LogP contribution in [-0.4, -0.2) is 28.8 Å². The Kier molecular flexibility index (Phi) is 5.20. The lowest BCUT2D eigenvalue weighted by Crippen LogP contribution is -2.37. The first-order chi connectivity index (χ1) is 11.5. The topological polar surface area (TPSA) is 70.1 Å². The average Bonchev–Trinajstić information content (AvgIpc) is 2.99. The van der Waals surface area contributed by atoms with Crippen molar-refractivity contribution >= 4 is 44.9 Å². The summed E-state index contributed by atoms with van der Waals surface area (Å²) in [6.07, 6.45) is 3.58. The molecule has 0 bridgehead atoms. The Bertz CT molecular complexity index is 735. The lowest BCUT2D eigenvalue weighted by molar-refractivity contribution is 0.262. The molecule has 2 N–H and O–H groups in total. The molecule has 8 heteroatoms. The van der Waals surface area contributed by atoms with Crippen LogP contribution in [-0.2, 0) is 0 Å². The quantitative estimate of drug-likeness (QED) is 0.838. The van der Waals surface area contributed by atoms with Gasteiger partial charge in [-0.3, -0.25) is 5.32 Å². The first kappa shape index (κ1) is 17.0. The lowest BCUT2D eigenvalue weighted by atomic mass is 10.1. The standard InChI is InChI=1S/C16H20ClN5OS/c1-10-6-7-12(9-13(10)17)18-14(23)19-15-20-21-16(24-15)22-8-4-3-5-11(22)2/h6-7,9,11H,3-5,8H2,1-2H3,(H2,18,19,20,23). The molecule has 1 saturated heterocycles. The number of urea groups is 1. The van der Waals surface area contributed by atoms with Gasteiger partial charge in [0.2, 0.25) is 10.3 Å². The number of amides is 2. The Morgan fingerprint density at radius 1 is 1.33 bits per heavy atom. The molecular weight excluding hydrogens is 346 g/mol. The molecule has 1 unspecified atom stereocenters. The van der Waals surface area contributed by atoms with Crippen LogP contribution in [0.4, 0.5) is 20.7 Å². The molecule has 1 atom stereocenters. The van der Waals surface area contributed by atoms with E-state index in [1.165, 1.54) is 24.2 Å². The number of halogens is 1. The van der Waals surface area contributed by atoms with Crippen molar-refractivity contribution in [3.05, 3.63) is 28.8 Å². The van der Waals surface area contributed by atoms with Crippen LogP contribution in [0.5, 0.6) is 0 Å². The zero-order chi connectivity index (χ0) is 17.1. The van der Waals surface area contributed by atoms with Gasteiger partial charge in [-0.1, -0.05) is 29.0 Å². The molecule has 1 aromatic carbocycles. The zero-order valence-electron chi connectivity index (χ0n) is 13.7. The highest BCUT2D eigenvalue weighted by Crippen LogP contribution is 2.29. The van der Waals surface area contributed by atoms with Crippen LogP contribution in [0.2, 0.25) is 5.02 Å². The molecule has 24 heavy (non-hydrogen) atoms. The van der Waals surface area contributed by atoms with E-state index in [4.69, 9.17) is 11.6 Å². The summed E-state index contributed by atoms with van der Waals surface area (Å²) in [5.74, 6) is 0. The molecule has 2 amide bonds. The largest absolute Gasteiger partial charge is 0.344 e. The van der Waals surface area contributed by atoms with Gasteiger partial charge in [-0.05, 0) is 50.8 Å². The monoisotopic (exact) mass is 365 g/mol. The van der Waals surface area contributed by atoms with Crippen LogP contribution in [0.25, 0.3) is 0 Å². The van der Waals surface area contributed by atoms with Gasteiger partial charge >= 0.3 is 6.03 Å². The third-order valence-electron chi connectivity index (χ3n) is 4.11. The number of piperidine rings is 1. The fourth-order valence-corrected chi connectivity index (χ4v) is 3.74. The van der Waals surface area contributed by atoms with Crippen molar-refractivity contribution in [1.82, 2.24) is 10.2 Å². The molecule has 1 aliphatic heterocycles. The third kappa shape index (κ3) is 3.96. The van der Waals surface area contributed by atoms with E-state index in [2.05, 4.69) is 32.7 Å². The lowest BCUT2D eigenvalue weighted by Gasteiger charge is -2.32. The van der Waals surface area contributed by atoms with Crippen LogP contribution in [0.15, 0.2) is 18.2 Å². The molecule has 1 aliphatic rings. The van der Waals surface area contributed by atoms with Gasteiger partial charge < -0.3 is 10.2 Å². The van der Waals surface area contributed by atoms with Crippen LogP contribution >= 0.6 is 22.9 Å². The number of hydrogen-bond donors (Lipinski definition) is 2. The number of carbonyl (C=O) groups is 1. The maximum atomic E-state index is 12.1. The van der Waals surface area contributed by atoms with Gasteiger partial charge in [0.1, 0.15) is 0 Å². The fraction of sp³-hybridized carbons (Fsp3) is 0.438. The number of carbonyl (C=O) groups excluding carboxylic acids is 1. The van der Waals surface area contributed by atoms with Crippen LogP contribution < -0.4 is 15.5 Å². The van der Waals surface area contributed by atoms with Gasteiger partial charge in [0.05, 0.1) is 0 Å². The molecule has 2 heterocycles. The summed E-state index contributed by atoms with van der Waals surface area (Å²) in [6, 6.07) is 5.49. The second-order valence-electron chi connectivity index (χ2n) is 5.97. The maximum absolute atomic E-state index is 12.1.